The van der Waals surface area contributed by atoms with Gasteiger partial charge in [0.25, 0.3) is 0 Å². The molecule has 0 bridgehead atoms. The lowest BCUT2D eigenvalue weighted by molar-refractivity contribution is 0.00427. The van der Waals surface area contributed by atoms with Crippen LogP contribution in [-0.4, -0.2) is 80.7 Å². The van der Waals surface area contributed by atoms with Crippen molar-refractivity contribution in [3.8, 4) is 11.5 Å². The van der Waals surface area contributed by atoms with Crippen molar-refractivity contribution < 1.29 is 19.3 Å². The summed E-state index contributed by atoms with van der Waals surface area (Å²) in [5.74, 6) is 1.49. The second-order valence-corrected chi connectivity index (χ2v) is 6.46. The minimum absolute atomic E-state index is 0.269. The van der Waals surface area contributed by atoms with Crippen LogP contribution in [0.25, 0.3) is 0 Å². The molecule has 2 aliphatic rings. The molecule has 24 heavy (non-hydrogen) atoms. The second-order valence-electron chi connectivity index (χ2n) is 6.46. The van der Waals surface area contributed by atoms with E-state index in [0.29, 0.717) is 6.54 Å². The number of benzene rings is 1. The van der Waals surface area contributed by atoms with Crippen LogP contribution in [0, 0.1) is 0 Å². The van der Waals surface area contributed by atoms with Crippen molar-refractivity contribution in [2.24, 2.45) is 0 Å². The number of morpholine rings is 1. The number of hydrogen-bond donors (Lipinski definition) is 1. The van der Waals surface area contributed by atoms with Crippen molar-refractivity contribution in [2.75, 3.05) is 59.7 Å². The molecule has 0 radical (unpaired) electrons. The molecule has 2 heterocycles. The minimum Gasteiger partial charge on any atom is -0.493 e. The van der Waals surface area contributed by atoms with Crippen LogP contribution in [0.2, 0.25) is 0 Å². The van der Waals surface area contributed by atoms with Crippen LogP contribution in [0.4, 0.5) is 0 Å². The fourth-order valence-electron chi connectivity index (χ4n) is 3.11. The third kappa shape index (κ3) is 4.60. The summed E-state index contributed by atoms with van der Waals surface area (Å²) in [5, 5.41) is 10.3. The van der Waals surface area contributed by atoms with Gasteiger partial charge in [-0.25, -0.2) is 0 Å². The van der Waals surface area contributed by atoms with Crippen LogP contribution >= 0.6 is 0 Å². The normalized spacial score (nSPS) is 20.4. The monoisotopic (exact) mass is 336 g/mol. The summed E-state index contributed by atoms with van der Waals surface area (Å²) in [6.07, 6.45) is 0.739. The van der Waals surface area contributed by atoms with Gasteiger partial charge in [-0.3, -0.25) is 9.80 Å². The largest absolute Gasteiger partial charge is 0.493 e. The summed E-state index contributed by atoms with van der Waals surface area (Å²) >= 11 is 0. The van der Waals surface area contributed by atoms with E-state index in [1.165, 1.54) is 6.42 Å². The lowest BCUT2D eigenvalue weighted by Crippen LogP contribution is -2.42. The fourth-order valence-corrected chi connectivity index (χ4v) is 3.11. The Hall–Kier alpha value is -1.34. The minimum atomic E-state index is -0.523. The van der Waals surface area contributed by atoms with E-state index in [4.69, 9.17) is 14.2 Å². The van der Waals surface area contributed by atoms with Gasteiger partial charge in [0.15, 0.2) is 11.5 Å². The number of ether oxygens (including phenoxy) is 3. The van der Waals surface area contributed by atoms with Gasteiger partial charge in [0.2, 0.25) is 0 Å². The van der Waals surface area contributed by atoms with Gasteiger partial charge in [-0.1, -0.05) is 12.1 Å². The molecule has 6 heteroatoms. The van der Waals surface area contributed by atoms with Gasteiger partial charge in [0.05, 0.1) is 20.3 Å². The fraction of sp³-hybridized carbons (Fsp3) is 0.667. The van der Waals surface area contributed by atoms with E-state index in [2.05, 4.69) is 15.9 Å². The molecular formula is C18H28N2O4. The Labute approximate surface area is 143 Å². The van der Waals surface area contributed by atoms with E-state index in [9.17, 15) is 5.11 Å². The maximum absolute atomic E-state index is 10.3. The molecule has 1 N–H and O–H groups in total. The van der Waals surface area contributed by atoms with Crippen molar-refractivity contribution in [2.45, 2.75) is 19.1 Å². The van der Waals surface area contributed by atoms with Crippen molar-refractivity contribution in [3.05, 3.63) is 23.8 Å². The van der Waals surface area contributed by atoms with Crippen LogP contribution < -0.4 is 9.47 Å². The molecule has 2 saturated heterocycles. The molecule has 0 spiro atoms. The third-order valence-electron chi connectivity index (χ3n) is 4.62. The lowest BCUT2D eigenvalue weighted by Gasteiger charge is -2.31. The smallest absolute Gasteiger partial charge is 0.165 e. The van der Waals surface area contributed by atoms with Crippen LogP contribution in [0.15, 0.2) is 18.2 Å². The molecule has 1 aromatic rings. The second kappa shape index (κ2) is 8.67. The van der Waals surface area contributed by atoms with Crippen molar-refractivity contribution in [1.29, 1.82) is 0 Å². The first-order chi connectivity index (χ1) is 11.8. The Morgan fingerprint density at radius 3 is 2.62 bits per heavy atom. The number of β-amino-alcohol motifs (C(OH)–C–C–N with tert-alkyl or cyclic N) is 1. The lowest BCUT2D eigenvalue weighted by atomic mass is 10.1. The third-order valence-corrected chi connectivity index (χ3v) is 4.62. The van der Waals surface area contributed by atoms with E-state index in [0.717, 1.165) is 63.0 Å². The molecule has 1 atom stereocenters. The van der Waals surface area contributed by atoms with E-state index in [-0.39, 0.29) is 6.61 Å². The summed E-state index contributed by atoms with van der Waals surface area (Å²) in [5.41, 5.74) is 1.12. The van der Waals surface area contributed by atoms with Crippen LogP contribution in [-0.2, 0) is 11.3 Å². The predicted octanol–water partition coefficient (Wildman–Crippen LogP) is 0.973. The molecule has 3 rings (SSSR count). The van der Waals surface area contributed by atoms with Gasteiger partial charge < -0.3 is 19.3 Å². The highest BCUT2D eigenvalue weighted by Crippen LogP contribution is 2.32. The number of nitrogens with zero attached hydrogens (tertiary/aromatic N) is 2. The van der Waals surface area contributed by atoms with Crippen LogP contribution in [0.5, 0.6) is 11.5 Å². The topological polar surface area (TPSA) is 54.4 Å². The van der Waals surface area contributed by atoms with Crippen molar-refractivity contribution in [3.63, 3.8) is 0 Å². The summed E-state index contributed by atoms with van der Waals surface area (Å²) < 4.78 is 16.8. The van der Waals surface area contributed by atoms with Gasteiger partial charge >= 0.3 is 0 Å². The first-order valence-electron chi connectivity index (χ1n) is 8.75. The highest BCUT2D eigenvalue weighted by atomic mass is 16.5. The summed E-state index contributed by atoms with van der Waals surface area (Å²) in [7, 11) is 1.65. The molecule has 0 aromatic heterocycles. The quantitative estimate of drug-likeness (QED) is 0.764. The van der Waals surface area contributed by atoms with Crippen LogP contribution in [0.3, 0.4) is 0 Å². The maximum atomic E-state index is 10.3. The number of para-hydroxylation sites is 1. The van der Waals surface area contributed by atoms with E-state index in [1.54, 1.807) is 7.11 Å². The highest BCUT2D eigenvalue weighted by Gasteiger charge is 2.20. The molecule has 134 valence electrons. The van der Waals surface area contributed by atoms with E-state index < -0.39 is 6.10 Å². The molecule has 6 nitrogen and oxygen atoms in total. The highest BCUT2D eigenvalue weighted by molar-refractivity contribution is 5.46. The first kappa shape index (κ1) is 17.5. The number of aliphatic hydroxyl groups excluding tert-OH is 1. The number of rotatable bonds is 8. The number of hydrogen-bond acceptors (Lipinski definition) is 6. The first-order valence-corrected chi connectivity index (χ1v) is 8.75. The average molecular weight is 336 g/mol. The van der Waals surface area contributed by atoms with E-state index >= 15 is 0 Å². The Balaban J connectivity index is 1.57. The molecule has 0 unspecified atom stereocenters. The number of aliphatic hydroxyl groups is 1. The van der Waals surface area contributed by atoms with Crippen molar-refractivity contribution >= 4 is 0 Å². The molecule has 2 aliphatic heterocycles. The summed E-state index contributed by atoms with van der Waals surface area (Å²) in [4.78, 5) is 4.59. The van der Waals surface area contributed by atoms with Crippen LogP contribution in [0.1, 0.15) is 12.0 Å². The van der Waals surface area contributed by atoms with Gasteiger partial charge in [0, 0.05) is 31.7 Å². The predicted molar refractivity (Wildman–Crippen MR) is 91.6 cm³/mol. The Morgan fingerprint density at radius 2 is 1.96 bits per heavy atom. The van der Waals surface area contributed by atoms with Gasteiger partial charge in [-0.15, -0.1) is 0 Å². The molecule has 0 saturated carbocycles. The molecule has 1 aromatic carbocycles. The Kier molecular flexibility index (Phi) is 6.31. The number of methoxy groups -OCH3 is 1. The summed E-state index contributed by atoms with van der Waals surface area (Å²) in [6, 6.07) is 5.97. The zero-order chi connectivity index (χ0) is 16.8. The van der Waals surface area contributed by atoms with Crippen molar-refractivity contribution in [1.82, 2.24) is 9.80 Å². The summed E-state index contributed by atoms with van der Waals surface area (Å²) in [6.45, 7) is 7.22. The van der Waals surface area contributed by atoms with Gasteiger partial charge in [0.1, 0.15) is 12.7 Å². The zero-order valence-corrected chi connectivity index (χ0v) is 14.4. The Morgan fingerprint density at radius 1 is 1.17 bits per heavy atom. The average Bonchev–Trinajstić information content (AvgIpc) is 2.57. The van der Waals surface area contributed by atoms with E-state index in [1.807, 2.05) is 12.1 Å². The number of likely N-dealkylation sites (tertiary alicyclic amines) is 1. The molecule has 2 fully saturated rings. The molecule has 0 aliphatic carbocycles. The SMILES string of the molecule is COc1cccc(CN2CCC2)c1OC[C@H](O)CN1CCOCC1. The van der Waals surface area contributed by atoms with Gasteiger partial charge in [-0.2, -0.15) is 0 Å². The zero-order valence-electron chi connectivity index (χ0n) is 14.4. The molecular weight excluding hydrogens is 308 g/mol. The molecule has 0 amide bonds. The Bertz CT molecular complexity index is 516. The van der Waals surface area contributed by atoms with Gasteiger partial charge in [-0.05, 0) is 25.6 Å². The standard InChI is InChI=1S/C18H28N2O4/c1-22-17-5-2-4-15(12-19-6-3-7-19)18(17)24-14-16(21)13-20-8-10-23-11-9-20/h2,4-5,16,21H,3,6-14H2,1H3/t16-/m1/s1. The maximum Gasteiger partial charge on any atom is 0.165 e.